The molecule has 0 spiro atoms. The van der Waals surface area contributed by atoms with E-state index in [1.54, 1.807) is 72.0 Å². The minimum atomic E-state index is -1.84. The van der Waals surface area contributed by atoms with E-state index in [-0.39, 0.29) is 50.5 Å². The molecule has 31 nitrogen and oxygen atoms in total. The highest BCUT2D eigenvalue weighted by Gasteiger charge is 2.37. The fourth-order valence-corrected chi connectivity index (χ4v) is 8.37. The van der Waals surface area contributed by atoms with Gasteiger partial charge in [0.05, 0.1) is 38.1 Å². The maximum Gasteiger partial charge on any atom is 0.326 e. The Labute approximate surface area is 491 Å². The fourth-order valence-electron chi connectivity index (χ4n) is 8.37. The van der Waals surface area contributed by atoms with Crippen LogP contribution in [0.4, 0.5) is 0 Å². The maximum absolute atomic E-state index is 14.4. The van der Waals surface area contributed by atoms with Crippen LogP contribution in [0.25, 0.3) is 10.9 Å². The second kappa shape index (κ2) is 35.8. The maximum atomic E-state index is 14.4. The molecule has 0 bridgehead atoms. The van der Waals surface area contributed by atoms with E-state index < -0.39 is 175 Å². The van der Waals surface area contributed by atoms with Crippen molar-refractivity contribution in [3.8, 4) is 0 Å². The molecule has 1 heterocycles. The standard InChI is InChI=1S/C54H86N14O17/c1-9-27(6)43(52(82)62-33(16-12-13-17-55)47(77)63-35(19-30-22-58-32-15-11-10-14-31(30)32)48(78)60-28(7)45(75)65-37(54(84)85)21-41(73)74)67-50(80)38(24-69)66-53(83)44(29(8)70)68-49(79)34(18-25(2)3)61-40(72)23-59-46(76)36(20-39(56)71)64-51(81)42(57)26(4)5/h10-11,14-15,22,25-29,33-38,42-44,58,69-70H,9,12-13,16-21,23-24,55,57H2,1-8H3,(H2,56,71)(H,59,76)(H,60,78)(H,61,72)(H,62,82)(H,63,77)(H,64,81)(H,65,75)(H,66,83)(H,67,80)(H,68,79)(H,73,74)(H,84,85)/t27-,28-,29+,33-,34-,35-,36-,37-,38-,42-,43-,44-/m0/s1. The Bertz CT molecular complexity index is 2670. The second-order valence-electron chi connectivity index (χ2n) is 21.5. The van der Waals surface area contributed by atoms with E-state index in [0.717, 1.165) is 6.92 Å². The van der Waals surface area contributed by atoms with Crippen LogP contribution in [0.15, 0.2) is 30.5 Å². The van der Waals surface area contributed by atoms with Gasteiger partial charge in [-0.2, -0.15) is 0 Å². The van der Waals surface area contributed by atoms with Crippen molar-refractivity contribution in [2.45, 2.75) is 173 Å². The summed E-state index contributed by atoms with van der Waals surface area (Å²) in [6.45, 7) is 10.7. The van der Waals surface area contributed by atoms with E-state index >= 15 is 0 Å². The van der Waals surface area contributed by atoms with E-state index in [1.807, 2.05) is 0 Å². The third kappa shape index (κ3) is 24.4. The molecule has 11 amide bonds. The summed E-state index contributed by atoms with van der Waals surface area (Å²) in [7, 11) is 0. The summed E-state index contributed by atoms with van der Waals surface area (Å²) >= 11 is 0. The monoisotopic (exact) mass is 1200 g/mol. The van der Waals surface area contributed by atoms with Crippen LogP contribution in [-0.4, -0.2) is 189 Å². The molecular weight excluding hydrogens is 1120 g/mol. The number of amides is 11. The molecule has 474 valence electrons. The number of H-pyrrole nitrogens is 1. The van der Waals surface area contributed by atoms with Crippen molar-refractivity contribution in [2.75, 3.05) is 19.7 Å². The Morgan fingerprint density at radius 1 is 0.600 bits per heavy atom. The average molecular weight is 1200 g/mol. The molecule has 31 heteroatoms. The number of aromatic nitrogens is 1. The molecule has 12 atom stereocenters. The van der Waals surface area contributed by atoms with Gasteiger partial charge in [0, 0.05) is 23.5 Å². The molecule has 2 aromatic rings. The number of hydrogen-bond acceptors (Lipinski definition) is 17. The summed E-state index contributed by atoms with van der Waals surface area (Å²) in [6.07, 6.45) is -1.04. The summed E-state index contributed by atoms with van der Waals surface area (Å²) in [5, 5.41) is 64.3. The first kappa shape index (κ1) is 72.8. The number of aliphatic carboxylic acids is 2. The number of primary amides is 1. The number of aliphatic hydroxyl groups excluding tert-OH is 2. The first-order chi connectivity index (χ1) is 39.8. The number of nitrogens with one attached hydrogen (secondary N) is 11. The van der Waals surface area contributed by atoms with Gasteiger partial charge in [-0.1, -0.05) is 66.2 Å². The van der Waals surface area contributed by atoms with Crippen molar-refractivity contribution in [3.05, 3.63) is 36.0 Å². The Morgan fingerprint density at radius 2 is 1.15 bits per heavy atom. The normalized spacial score (nSPS) is 15.5. The van der Waals surface area contributed by atoms with Gasteiger partial charge >= 0.3 is 11.9 Å². The summed E-state index contributed by atoms with van der Waals surface area (Å²) in [5.41, 5.74) is 18.1. The third-order valence-corrected chi connectivity index (χ3v) is 13.6. The van der Waals surface area contributed by atoms with Crippen LogP contribution in [0.1, 0.15) is 106 Å². The largest absolute Gasteiger partial charge is 0.481 e. The lowest BCUT2D eigenvalue weighted by Gasteiger charge is -2.30. The zero-order valence-electron chi connectivity index (χ0n) is 49.1. The second-order valence-corrected chi connectivity index (χ2v) is 21.5. The minimum Gasteiger partial charge on any atom is -0.481 e. The predicted molar refractivity (Wildman–Crippen MR) is 305 cm³/mol. The van der Waals surface area contributed by atoms with Crippen LogP contribution < -0.4 is 70.4 Å². The Balaban J connectivity index is 2.35. The number of rotatable bonds is 38. The SMILES string of the molecule is CC[C@H](C)[C@H](NC(=O)[C@H](CO)NC(=O)[C@@H](NC(=O)[C@H](CC(C)C)NC(=O)CNC(=O)[C@H](CC(N)=O)NC(=O)[C@@H](N)C(C)C)[C@@H](C)O)C(=O)N[C@@H](CCCCN)C(=O)N[C@@H](Cc1c[nH]c2ccccc12)C(=O)N[C@@H](C)C(=O)N[C@@H](CC(=O)O)C(=O)O. The van der Waals surface area contributed by atoms with E-state index in [9.17, 15) is 77.6 Å². The molecule has 0 aliphatic carbocycles. The van der Waals surface area contributed by atoms with Crippen LogP contribution in [-0.2, 0) is 68.7 Å². The van der Waals surface area contributed by atoms with Gasteiger partial charge in [-0.15, -0.1) is 0 Å². The number of aliphatic hydroxyl groups is 2. The summed E-state index contributed by atoms with van der Waals surface area (Å²) in [4.78, 5) is 174. The van der Waals surface area contributed by atoms with Crippen molar-refractivity contribution in [1.29, 1.82) is 0 Å². The first-order valence-corrected chi connectivity index (χ1v) is 27.9. The van der Waals surface area contributed by atoms with Gasteiger partial charge in [0.25, 0.3) is 0 Å². The van der Waals surface area contributed by atoms with Gasteiger partial charge in [-0.05, 0) is 75.5 Å². The highest BCUT2D eigenvalue weighted by atomic mass is 16.4. The van der Waals surface area contributed by atoms with Crippen molar-refractivity contribution < 1.29 is 82.8 Å². The third-order valence-electron chi connectivity index (χ3n) is 13.6. The lowest BCUT2D eigenvalue weighted by Crippen LogP contribution is -2.62. The Morgan fingerprint density at radius 3 is 1.72 bits per heavy atom. The number of unbranched alkanes of at least 4 members (excludes halogenated alkanes) is 1. The number of benzene rings is 1. The summed E-state index contributed by atoms with van der Waals surface area (Å²) in [5.74, 6) is -15.1. The Kier molecular flexibility index (Phi) is 30.6. The molecule has 0 fully saturated rings. The molecule has 1 aromatic carbocycles. The van der Waals surface area contributed by atoms with Gasteiger partial charge in [0.2, 0.25) is 65.0 Å². The molecule has 0 aliphatic heterocycles. The van der Waals surface area contributed by atoms with Crippen LogP contribution >= 0.6 is 0 Å². The molecule has 2 rings (SSSR count). The predicted octanol–water partition coefficient (Wildman–Crippen LogP) is -4.78. The van der Waals surface area contributed by atoms with Gasteiger partial charge in [-0.25, -0.2) is 4.79 Å². The van der Waals surface area contributed by atoms with Crippen molar-refractivity contribution in [3.63, 3.8) is 0 Å². The lowest BCUT2D eigenvalue weighted by molar-refractivity contribution is -0.147. The molecule has 0 saturated heterocycles. The zero-order chi connectivity index (χ0) is 64.4. The quantitative estimate of drug-likeness (QED) is 0.0281. The summed E-state index contributed by atoms with van der Waals surface area (Å²) in [6, 6.07) is -8.18. The number of nitrogens with two attached hydrogens (primary N) is 3. The fraction of sp³-hybridized carbons (Fsp3) is 0.611. The smallest absolute Gasteiger partial charge is 0.326 e. The molecular formula is C54H86N14O17. The van der Waals surface area contributed by atoms with Gasteiger partial charge in [0.1, 0.15) is 54.4 Å². The van der Waals surface area contributed by atoms with Crippen molar-refractivity contribution in [1.82, 2.24) is 58.2 Å². The number of carbonyl (C=O) groups is 13. The number of carboxylic acids is 2. The number of aromatic amines is 1. The number of carbonyl (C=O) groups excluding carboxylic acids is 11. The first-order valence-electron chi connectivity index (χ1n) is 27.9. The van der Waals surface area contributed by atoms with Crippen LogP contribution in [0.3, 0.4) is 0 Å². The van der Waals surface area contributed by atoms with E-state index in [4.69, 9.17) is 22.3 Å². The number of fused-ring (bicyclic) bond motifs is 1. The van der Waals surface area contributed by atoms with Gasteiger partial charge in [0.15, 0.2) is 0 Å². The highest BCUT2D eigenvalue weighted by Crippen LogP contribution is 2.20. The lowest BCUT2D eigenvalue weighted by atomic mass is 9.96. The molecule has 0 saturated carbocycles. The van der Waals surface area contributed by atoms with Crippen LogP contribution in [0, 0.1) is 17.8 Å². The topological polar surface area (TPSA) is 517 Å². The molecule has 85 heavy (non-hydrogen) atoms. The highest BCUT2D eigenvalue weighted by molar-refractivity contribution is 5.99. The Hall–Kier alpha value is -8.29. The van der Waals surface area contributed by atoms with Gasteiger partial charge in [-0.3, -0.25) is 57.5 Å². The van der Waals surface area contributed by atoms with Crippen molar-refractivity contribution in [2.24, 2.45) is 35.0 Å². The zero-order valence-corrected chi connectivity index (χ0v) is 49.1. The number of para-hydroxylation sites is 1. The molecule has 21 N–H and O–H groups in total. The van der Waals surface area contributed by atoms with Crippen LogP contribution in [0.2, 0.25) is 0 Å². The van der Waals surface area contributed by atoms with E-state index in [0.29, 0.717) is 22.9 Å². The van der Waals surface area contributed by atoms with E-state index in [1.165, 1.54) is 6.92 Å². The molecule has 1 aromatic heterocycles. The minimum absolute atomic E-state index is 0.0413. The van der Waals surface area contributed by atoms with E-state index in [2.05, 4.69) is 58.2 Å². The average Bonchev–Trinajstić information content (AvgIpc) is 2.90. The molecule has 0 aliphatic rings. The number of carboxylic acid groups (broad SMARTS) is 2. The van der Waals surface area contributed by atoms with Crippen LogP contribution in [0.5, 0.6) is 0 Å². The number of hydrogen-bond donors (Lipinski definition) is 18. The molecule has 0 radical (unpaired) electrons. The van der Waals surface area contributed by atoms with Crippen molar-refractivity contribution >= 4 is 87.8 Å². The molecule has 0 unspecified atom stereocenters. The summed E-state index contributed by atoms with van der Waals surface area (Å²) < 4.78 is 0. The van der Waals surface area contributed by atoms with Gasteiger partial charge < -0.3 is 95.8 Å².